The van der Waals surface area contributed by atoms with Crippen LogP contribution in [0.4, 0.5) is 10.2 Å². The molecule has 1 saturated carbocycles. The average molecular weight is 383 g/mol. The van der Waals surface area contributed by atoms with Gasteiger partial charge in [-0.25, -0.2) is 9.18 Å². The Hall–Kier alpha value is -2.00. The van der Waals surface area contributed by atoms with Gasteiger partial charge < -0.3 is 20.3 Å². The molecule has 9 heteroatoms. The molecule has 1 aliphatic carbocycles. The van der Waals surface area contributed by atoms with Crippen molar-refractivity contribution in [2.45, 2.75) is 82.1 Å². The summed E-state index contributed by atoms with van der Waals surface area (Å²) in [4.78, 5) is 27.7. The fourth-order valence-electron chi connectivity index (χ4n) is 3.52. The van der Waals surface area contributed by atoms with E-state index in [1.807, 2.05) is 0 Å². The van der Waals surface area contributed by atoms with Gasteiger partial charge in [0.15, 0.2) is 18.5 Å². The first-order valence-corrected chi connectivity index (χ1v) is 9.43. The molecule has 1 aromatic heterocycles. The van der Waals surface area contributed by atoms with Crippen molar-refractivity contribution in [2.75, 3.05) is 5.73 Å². The van der Waals surface area contributed by atoms with Crippen molar-refractivity contribution in [3.8, 4) is 0 Å². The number of hydrogen-bond donors (Lipinski definition) is 2. The monoisotopic (exact) mass is 383 g/mol. The second-order valence-electron chi connectivity index (χ2n) is 7.24. The lowest BCUT2D eigenvalue weighted by atomic mass is 10.1. The van der Waals surface area contributed by atoms with Crippen LogP contribution in [0.5, 0.6) is 0 Å². The fourth-order valence-corrected chi connectivity index (χ4v) is 3.52. The summed E-state index contributed by atoms with van der Waals surface area (Å²) in [5, 5.41) is 9.96. The number of aliphatic hydroxyl groups is 1. The molecular weight excluding hydrogens is 357 g/mol. The van der Waals surface area contributed by atoms with Gasteiger partial charge in [0.1, 0.15) is 11.4 Å². The number of nitrogens with zero attached hydrogens (tertiary/aromatic N) is 2. The van der Waals surface area contributed by atoms with Gasteiger partial charge in [0.05, 0.1) is 6.10 Å². The maximum absolute atomic E-state index is 15.0. The van der Waals surface area contributed by atoms with E-state index in [1.165, 1.54) is 12.3 Å². The molecule has 0 bridgehead atoms. The number of rotatable bonds is 8. The van der Waals surface area contributed by atoms with Crippen molar-refractivity contribution >= 4 is 11.8 Å². The van der Waals surface area contributed by atoms with E-state index in [0.717, 1.165) is 30.3 Å². The number of hydrogen-bond acceptors (Lipinski definition) is 7. The molecule has 1 unspecified atom stereocenters. The van der Waals surface area contributed by atoms with Crippen molar-refractivity contribution in [2.24, 2.45) is 0 Å². The van der Waals surface area contributed by atoms with Crippen LogP contribution in [0.1, 0.15) is 58.1 Å². The van der Waals surface area contributed by atoms with Crippen LogP contribution in [-0.2, 0) is 14.3 Å². The number of nitrogen functional groups attached to an aromatic ring is 1. The van der Waals surface area contributed by atoms with Gasteiger partial charge in [-0.15, -0.1) is 0 Å². The lowest BCUT2D eigenvalue weighted by Crippen LogP contribution is -2.38. The standard InChI is InChI=1S/C18H26FN3O5/c1-2-3-4-5-6-7-13(24)26-15-14(19)16(27-18(15)10-11(18)23)22-9-8-12(20)21-17(22)25/h8-9,11,14-16,23H,2-7,10H2,1H3,(H2,20,21,25)/t11-,14-,15+,16-,18?/m1/s1. The Kier molecular flexibility index (Phi) is 5.81. The van der Waals surface area contributed by atoms with E-state index in [-0.39, 0.29) is 18.7 Å². The van der Waals surface area contributed by atoms with Crippen LogP contribution < -0.4 is 11.4 Å². The molecule has 2 fully saturated rings. The molecule has 5 atom stereocenters. The minimum Gasteiger partial charge on any atom is -0.456 e. The molecule has 2 aliphatic rings. The Morgan fingerprint density at radius 1 is 1.48 bits per heavy atom. The van der Waals surface area contributed by atoms with Crippen LogP contribution in [0.15, 0.2) is 17.1 Å². The number of ether oxygens (including phenoxy) is 2. The predicted molar refractivity (Wildman–Crippen MR) is 94.5 cm³/mol. The smallest absolute Gasteiger partial charge is 0.351 e. The van der Waals surface area contributed by atoms with Gasteiger partial charge in [0.2, 0.25) is 0 Å². The number of aliphatic hydroxyl groups excluding tert-OH is 1. The highest BCUT2D eigenvalue weighted by molar-refractivity contribution is 5.69. The first kappa shape index (κ1) is 19.8. The van der Waals surface area contributed by atoms with E-state index in [2.05, 4.69) is 11.9 Å². The summed E-state index contributed by atoms with van der Waals surface area (Å²) in [6.45, 7) is 2.11. The van der Waals surface area contributed by atoms with Gasteiger partial charge in [0, 0.05) is 19.0 Å². The molecule has 2 heterocycles. The Morgan fingerprint density at radius 2 is 2.19 bits per heavy atom. The van der Waals surface area contributed by atoms with E-state index in [4.69, 9.17) is 15.2 Å². The SMILES string of the molecule is CCCCCCCC(=O)O[C@H]1[C@@H](F)[C@H](n2ccc(N)nc2=O)OC12C[C@H]2O. The van der Waals surface area contributed by atoms with Gasteiger partial charge in [-0.2, -0.15) is 4.98 Å². The zero-order chi connectivity index (χ0) is 19.6. The summed E-state index contributed by atoms with van der Waals surface area (Å²) < 4.78 is 27.0. The number of unbranched alkanes of at least 4 members (excludes halogenated alkanes) is 4. The summed E-state index contributed by atoms with van der Waals surface area (Å²) in [6.07, 6.45) is 1.12. The Labute approximate surface area is 156 Å². The molecular formula is C18H26FN3O5. The normalized spacial score (nSPS) is 32.0. The topological polar surface area (TPSA) is 117 Å². The average Bonchev–Trinajstić information content (AvgIpc) is 3.19. The molecule has 0 amide bonds. The van der Waals surface area contributed by atoms with Gasteiger partial charge in [-0.05, 0) is 12.5 Å². The minimum absolute atomic E-state index is 0.0110. The number of anilines is 1. The van der Waals surface area contributed by atoms with Crippen LogP contribution in [0.2, 0.25) is 0 Å². The molecule has 1 aliphatic heterocycles. The highest BCUT2D eigenvalue weighted by Crippen LogP contribution is 2.54. The fraction of sp³-hybridized carbons (Fsp3) is 0.722. The van der Waals surface area contributed by atoms with E-state index >= 15 is 4.39 Å². The van der Waals surface area contributed by atoms with Crippen molar-refractivity contribution in [3.05, 3.63) is 22.7 Å². The molecule has 8 nitrogen and oxygen atoms in total. The number of carbonyl (C=O) groups is 1. The number of esters is 1. The zero-order valence-corrected chi connectivity index (χ0v) is 15.3. The molecule has 1 saturated heterocycles. The summed E-state index contributed by atoms with van der Waals surface area (Å²) >= 11 is 0. The summed E-state index contributed by atoms with van der Waals surface area (Å²) in [5.74, 6) is -0.512. The number of carbonyl (C=O) groups excluding carboxylic acids is 1. The molecule has 1 spiro atoms. The van der Waals surface area contributed by atoms with E-state index < -0.39 is 41.9 Å². The Bertz CT molecular complexity index is 742. The molecule has 3 rings (SSSR count). The number of halogens is 1. The van der Waals surface area contributed by atoms with Gasteiger partial charge in [-0.3, -0.25) is 9.36 Å². The van der Waals surface area contributed by atoms with Crippen molar-refractivity contribution in [3.63, 3.8) is 0 Å². The molecule has 1 aromatic rings. The number of nitrogens with two attached hydrogens (primary N) is 1. The third-order valence-electron chi connectivity index (χ3n) is 5.17. The highest BCUT2D eigenvalue weighted by atomic mass is 19.1. The molecule has 27 heavy (non-hydrogen) atoms. The van der Waals surface area contributed by atoms with Crippen molar-refractivity contribution < 1.29 is 23.8 Å². The summed E-state index contributed by atoms with van der Waals surface area (Å²) in [5.41, 5.74) is 3.38. The second-order valence-corrected chi connectivity index (χ2v) is 7.24. The Balaban J connectivity index is 1.66. The predicted octanol–water partition coefficient (Wildman–Crippen LogP) is 1.47. The summed E-state index contributed by atoms with van der Waals surface area (Å²) in [6, 6.07) is 1.35. The number of alkyl halides is 1. The first-order chi connectivity index (χ1) is 12.9. The van der Waals surface area contributed by atoms with Gasteiger partial charge >= 0.3 is 11.7 Å². The summed E-state index contributed by atoms with van der Waals surface area (Å²) in [7, 11) is 0. The molecule has 0 aromatic carbocycles. The van der Waals surface area contributed by atoms with E-state index in [9.17, 15) is 14.7 Å². The van der Waals surface area contributed by atoms with Crippen LogP contribution in [0.25, 0.3) is 0 Å². The quantitative estimate of drug-likeness (QED) is 0.516. The first-order valence-electron chi connectivity index (χ1n) is 9.43. The van der Waals surface area contributed by atoms with Crippen molar-refractivity contribution in [1.82, 2.24) is 9.55 Å². The lowest BCUT2D eigenvalue weighted by molar-refractivity contribution is -0.156. The van der Waals surface area contributed by atoms with Crippen LogP contribution in [0, 0.1) is 0 Å². The third kappa shape index (κ3) is 3.98. The molecule has 0 radical (unpaired) electrons. The second kappa shape index (κ2) is 7.93. The van der Waals surface area contributed by atoms with Crippen molar-refractivity contribution in [1.29, 1.82) is 0 Å². The Morgan fingerprint density at radius 3 is 2.81 bits per heavy atom. The maximum Gasteiger partial charge on any atom is 0.351 e. The van der Waals surface area contributed by atoms with Gasteiger partial charge in [0.25, 0.3) is 0 Å². The minimum atomic E-state index is -1.80. The van der Waals surface area contributed by atoms with E-state index in [0.29, 0.717) is 6.42 Å². The van der Waals surface area contributed by atoms with Crippen LogP contribution >= 0.6 is 0 Å². The van der Waals surface area contributed by atoms with Gasteiger partial charge in [-0.1, -0.05) is 32.6 Å². The highest BCUT2D eigenvalue weighted by Gasteiger charge is 2.71. The zero-order valence-electron chi connectivity index (χ0n) is 15.3. The van der Waals surface area contributed by atoms with Crippen LogP contribution in [0.3, 0.4) is 0 Å². The number of aromatic nitrogens is 2. The lowest BCUT2D eigenvalue weighted by Gasteiger charge is -2.19. The van der Waals surface area contributed by atoms with E-state index in [1.54, 1.807) is 0 Å². The third-order valence-corrected chi connectivity index (χ3v) is 5.17. The molecule has 150 valence electrons. The largest absolute Gasteiger partial charge is 0.456 e. The molecule has 3 N–H and O–H groups in total. The maximum atomic E-state index is 15.0. The van der Waals surface area contributed by atoms with Crippen LogP contribution in [-0.4, -0.2) is 44.6 Å².